The molecule has 1 aromatic heterocycles. The summed E-state index contributed by atoms with van der Waals surface area (Å²) in [6.45, 7) is 1.77. The molecule has 0 aliphatic rings. The van der Waals surface area contributed by atoms with E-state index in [4.69, 9.17) is 16.1 Å². The molecule has 3 nitrogen and oxygen atoms in total. The minimum Gasteiger partial charge on any atom is -0.339 e. The summed E-state index contributed by atoms with van der Waals surface area (Å²) in [5.41, 5.74) is 0.916. The van der Waals surface area contributed by atoms with Crippen LogP contribution in [0.15, 0.2) is 28.8 Å². The second kappa shape index (κ2) is 4.61. The van der Waals surface area contributed by atoms with Crippen molar-refractivity contribution in [3.63, 3.8) is 0 Å². The van der Waals surface area contributed by atoms with Crippen molar-refractivity contribution in [2.45, 2.75) is 18.7 Å². The molecule has 16 heavy (non-hydrogen) atoms. The van der Waals surface area contributed by atoms with Gasteiger partial charge in [0.2, 0.25) is 5.89 Å². The van der Waals surface area contributed by atoms with E-state index in [1.54, 1.807) is 19.1 Å². The number of halogens is 2. The number of benzene rings is 1. The first-order chi connectivity index (χ1) is 7.65. The normalized spacial score (nSPS) is 12.7. The molecule has 0 saturated heterocycles. The molecule has 0 amide bonds. The Morgan fingerprint density at radius 1 is 1.38 bits per heavy atom. The maximum Gasteiger partial charge on any atom is 0.231 e. The Balaban J connectivity index is 2.11. The van der Waals surface area contributed by atoms with Gasteiger partial charge in [-0.2, -0.15) is 4.98 Å². The van der Waals surface area contributed by atoms with Gasteiger partial charge in [0, 0.05) is 0 Å². The third-order valence-electron chi connectivity index (χ3n) is 2.11. The van der Waals surface area contributed by atoms with Crippen molar-refractivity contribution in [2.24, 2.45) is 0 Å². The topological polar surface area (TPSA) is 38.9 Å². The fraction of sp³-hybridized carbons (Fsp3) is 0.273. The van der Waals surface area contributed by atoms with E-state index < -0.39 is 0 Å². The molecule has 84 valence electrons. The summed E-state index contributed by atoms with van der Waals surface area (Å²) in [5, 5.41) is 3.46. The Kier molecular flexibility index (Phi) is 3.19. The van der Waals surface area contributed by atoms with E-state index in [0.717, 1.165) is 5.56 Å². The standard InChI is InChI=1S/C11H10ClFN2O/c1-7(12)11-14-10(16-15-11)6-8-2-4-9(13)5-3-8/h2-5,7H,6H2,1H3. The Morgan fingerprint density at radius 3 is 2.62 bits per heavy atom. The molecule has 5 heteroatoms. The number of nitrogens with zero attached hydrogens (tertiary/aromatic N) is 2. The highest BCUT2D eigenvalue weighted by Crippen LogP contribution is 2.16. The van der Waals surface area contributed by atoms with E-state index in [2.05, 4.69) is 10.1 Å². The van der Waals surface area contributed by atoms with Crippen LogP contribution in [0, 0.1) is 5.82 Å². The van der Waals surface area contributed by atoms with Crippen molar-refractivity contribution in [3.8, 4) is 0 Å². The smallest absolute Gasteiger partial charge is 0.231 e. The van der Waals surface area contributed by atoms with Crippen LogP contribution in [-0.4, -0.2) is 10.1 Å². The van der Waals surface area contributed by atoms with Crippen LogP contribution in [0.1, 0.15) is 29.6 Å². The van der Waals surface area contributed by atoms with Gasteiger partial charge < -0.3 is 4.52 Å². The molecular weight excluding hydrogens is 231 g/mol. The van der Waals surface area contributed by atoms with Gasteiger partial charge in [0.15, 0.2) is 5.82 Å². The van der Waals surface area contributed by atoms with Gasteiger partial charge in [0.1, 0.15) is 5.82 Å². The lowest BCUT2D eigenvalue weighted by molar-refractivity contribution is 0.379. The van der Waals surface area contributed by atoms with Crippen molar-refractivity contribution in [1.29, 1.82) is 0 Å². The van der Waals surface area contributed by atoms with Crippen molar-refractivity contribution >= 4 is 11.6 Å². The predicted octanol–water partition coefficient (Wildman–Crippen LogP) is 3.10. The molecule has 0 spiro atoms. The maximum absolute atomic E-state index is 12.7. The Hall–Kier alpha value is -1.42. The average molecular weight is 241 g/mol. The number of aromatic nitrogens is 2. The second-order valence-corrected chi connectivity index (χ2v) is 4.12. The highest BCUT2D eigenvalue weighted by atomic mass is 35.5. The number of hydrogen-bond acceptors (Lipinski definition) is 3. The highest BCUT2D eigenvalue weighted by Gasteiger charge is 2.11. The molecule has 2 rings (SSSR count). The number of hydrogen-bond donors (Lipinski definition) is 0. The van der Waals surface area contributed by atoms with Gasteiger partial charge in [-0.1, -0.05) is 17.3 Å². The first-order valence-corrected chi connectivity index (χ1v) is 5.30. The Morgan fingerprint density at radius 2 is 2.06 bits per heavy atom. The largest absolute Gasteiger partial charge is 0.339 e. The van der Waals surface area contributed by atoms with Crippen LogP contribution in [0.2, 0.25) is 0 Å². The summed E-state index contributed by atoms with van der Waals surface area (Å²) in [6.07, 6.45) is 0.483. The van der Waals surface area contributed by atoms with E-state index >= 15 is 0 Å². The van der Waals surface area contributed by atoms with Gasteiger partial charge in [0.05, 0.1) is 11.8 Å². The molecular formula is C11H10ClFN2O. The molecule has 2 aromatic rings. The van der Waals surface area contributed by atoms with Crippen molar-refractivity contribution < 1.29 is 8.91 Å². The fourth-order valence-electron chi connectivity index (χ4n) is 1.28. The molecule has 0 radical (unpaired) electrons. The van der Waals surface area contributed by atoms with Crippen LogP contribution in [0.5, 0.6) is 0 Å². The van der Waals surface area contributed by atoms with Gasteiger partial charge in [-0.25, -0.2) is 4.39 Å². The first kappa shape index (κ1) is 11.1. The van der Waals surface area contributed by atoms with E-state index in [9.17, 15) is 4.39 Å². The van der Waals surface area contributed by atoms with Crippen molar-refractivity contribution in [3.05, 3.63) is 47.4 Å². The molecule has 1 unspecified atom stereocenters. The Labute approximate surface area is 97.2 Å². The summed E-state index contributed by atoms with van der Waals surface area (Å²) in [5.74, 6) is 0.692. The number of rotatable bonds is 3. The highest BCUT2D eigenvalue weighted by molar-refractivity contribution is 6.20. The lowest BCUT2D eigenvalue weighted by atomic mass is 10.1. The van der Waals surface area contributed by atoms with Crippen LogP contribution in [0.3, 0.4) is 0 Å². The third-order valence-corrected chi connectivity index (χ3v) is 2.30. The quantitative estimate of drug-likeness (QED) is 0.774. The minimum atomic E-state index is -0.272. The summed E-state index contributed by atoms with van der Waals surface area (Å²) >= 11 is 5.81. The predicted molar refractivity (Wildman–Crippen MR) is 57.8 cm³/mol. The lowest BCUT2D eigenvalue weighted by Gasteiger charge is -1.95. The van der Waals surface area contributed by atoms with Gasteiger partial charge in [-0.15, -0.1) is 11.6 Å². The maximum atomic E-state index is 12.7. The van der Waals surface area contributed by atoms with Crippen LogP contribution in [0.25, 0.3) is 0 Å². The van der Waals surface area contributed by atoms with Crippen molar-refractivity contribution in [2.75, 3.05) is 0 Å². The first-order valence-electron chi connectivity index (χ1n) is 4.86. The molecule has 0 aliphatic heterocycles. The molecule has 1 aromatic carbocycles. The van der Waals surface area contributed by atoms with Gasteiger partial charge in [-0.3, -0.25) is 0 Å². The van der Waals surface area contributed by atoms with Crippen molar-refractivity contribution in [1.82, 2.24) is 10.1 Å². The van der Waals surface area contributed by atoms with E-state index in [-0.39, 0.29) is 11.2 Å². The van der Waals surface area contributed by atoms with Gasteiger partial charge in [-0.05, 0) is 24.6 Å². The summed E-state index contributed by atoms with van der Waals surface area (Å²) < 4.78 is 17.7. The minimum absolute atomic E-state index is 0.260. The van der Waals surface area contributed by atoms with E-state index in [0.29, 0.717) is 18.1 Å². The zero-order valence-electron chi connectivity index (χ0n) is 8.65. The molecule has 0 saturated carbocycles. The van der Waals surface area contributed by atoms with Crippen LogP contribution >= 0.6 is 11.6 Å². The Bertz CT molecular complexity index is 467. The fourth-order valence-corrected chi connectivity index (χ4v) is 1.37. The summed E-state index contributed by atoms with van der Waals surface area (Å²) in [4.78, 5) is 4.12. The monoisotopic (exact) mass is 240 g/mol. The second-order valence-electron chi connectivity index (χ2n) is 3.47. The lowest BCUT2D eigenvalue weighted by Crippen LogP contribution is -1.91. The summed E-state index contributed by atoms with van der Waals surface area (Å²) in [7, 11) is 0. The molecule has 0 N–H and O–H groups in total. The SMILES string of the molecule is CC(Cl)c1noc(Cc2ccc(F)cc2)n1. The number of alkyl halides is 1. The van der Waals surface area contributed by atoms with Crippen LogP contribution in [-0.2, 0) is 6.42 Å². The van der Waals surface area contributed by atoms with E-state index in [1.165, 1.54) is 12.1 Å². The zero-order chi connectivity index (χ0) is 11.5. The zero-order valence-corrected chi connectivity index (χ0v) is 9.41. The van der Waals surface area contributed by atoms with Crippen LogP contribution in [0.4, 0.5) is 4.39 Å². The summed E-state index contributed by atoms with van der Waals surface area (Å²) in [6, 6.07) is 6.17. The van der Waals surface area contributed by atoms with Crippen LogP contribution < -0.4 is 0 Å². The average Bonchev–Trinajstić information content (AvgIpc) is 2.70. The molecule has 0 bridgehead atoms. The third kappa shape index (κ3) is 2.58. The van der Waals surface area contributed by atoms with Gasteiger partial charge in [0.25, 0.3) is 0 Å². The molecule has 0 aliphatic carbocycles. The molecule has 0 fully saturated rings. The van der Waals surface area contributed by atoms with E-state index in [1.807, 2.05) is 0 Å². The molecule has 1 atom stereocenters. The van der Waals surface area contributed by atoms with Gasteiger partial charge >= 0.3 is 0 Å². The molecule has 1 heterocycles.